The number of halogens is 3. The Kier molecular flexibility index (Phi) is 7.19. The Labute approximate surface area is 161 Å². The van der Waals surface area contributed by atoms with Gasteiger partial charge < -0.3 is 14.8 Å². The molecule has 0 aliphatic rings. The van der Waals surface area contributed by atoms with Gasteiger partial charge in [0, 0.05) is 24.2 Å². The summed E-state index contributed by atoms with van der Waals surface area (Å²) >= 11 is 0. The van der Waals surface area contributed by atoms with Crippen LogP contribution in [0.5, 0.6) is 11.5 Å². The van der Waals surface area contributed by atoms with Crippen molar-refractivity contribution in [1.29, 1.82) is 0 Å². The highest BCUT2D eigenvalue weighted by Gasteiger charge is 2.33. The molecular weight excluding hydrogens is 375 g/mol. The van der Waals surface area contributed by atoms with E-state index < -0.39 is 11.9 Å². The molecule has 0 saturated carbocycles. The summed E-state index contributed by atoms with van der Waals surface area (Å²) in [5, 5.41) is 2.65. The molecule has 0 atom stereocenters. The van der Waals surface area contributed by atoms with Crippen LogP contribution in [-0.4, -0.2) is 35.6 Å². The van der Waals surface area contributed by atoms with E-state index in [1.807, 2.05) is 13.8 Å². The van der Waals surface area contributed by atoms with Crippen molar-refractivity contribution in [2.45, 2.75) is 33.4 Å². The highest BCUT2D eigenvalue weighted by atomic mass is 19.4. The summed E-state index contributed by atoms with van der Waals surface area (Å²) in [6.07, 6.45) is -4.46. The fourth-order valence-corrected chi connectivity index (χ4v) is 2.47. The van der Waals surface area contributed by atoms with Gasteiger partial charge in [0.15, 0.2) is 11.5 Å². The topological polar surface area (TPSA) is 73.3 Å². The second kappa shape index (κ2) is 9.38. The molecule has 1 aromatic heterocycles. The SMILES string of the molecule is CCOc1ccc(C(=O)NCCc2nc(C)cc(C(F)(F)F)n2)cc1OCC. The molecule has 2 aromatic rings. The van der Waals surface area contributed by atoms with Gasteiger partial charge in [0.1, 0.15) is 11.5 Å². The van der Waals surface area contributed by atoms with Crippen molar-refractivity contribution in [2.24, 2.45) is 0 Å². The number of rotatable bonds is 8. The maximum atomic E-state index is 12.8. The Morgan fingerprint density at radius 2 is 1.75 bits per heavy atom. The molecule has 1 amide bonds. The van der Waals surface area contributed by atoms with E-state index in [1.165, 1.54) is 6.92 Å². The summed E-state index contributed by atoms with van der Waals surface area (Å²) in [4.78, 5) is 19.8. The fraction of sp³-hybridized carbons (Fsp3) is 0.421. The molecule has 0 aliphatic heterocycles. The standard InChI is InChI=1S/C19H22F3N3O3/c1-4-27-14-7-6-13(11-15(14)28-5-2)18(26)23-9-8-17-24-12(3)10-16(25-17)19(20,21)22/h6-7,10-11H,4-5,8-9H2,1-3H3,(H,23,26). The molecule has 9 heteroatoms. The number of nitrogens with one attached hydrogen (secondary N) is 1. The second-order valence-corrected chi connectivity index (χ2v) is 5.84. The summed E-state index contributed by atoms with van der Waals surface area (Å²) in [5.74, 6) is 0.629. The summed E-state index contributed by atoms with van der Waals surface area (Å²) in [6.45, 7) is 6.10. The van der Waals surface area contributed by atoms with Gasteiger partial charge in [-0.3, -0.25) is 4.79 Å². The summed E-state index contributed by atoms with van der Waals surface area (Å²) in [7, 11) is 0. The van der Waals surface area contributed by atoms with Crippen LogP contribution in [0.25, 0.3) is 0 Å². The monoisotopic (exact) mass is 397 g/mol. The van der Waals surface area contributed by atoms with Crippen molar-refractivity contribution in [2.75, 3.05) is 19.8 Å². The molecule has 0 bridgehead atoms. The number of ether oxygens (including phenoxy) is 2. The van der Waals surface area contributed by atoms with Crippen molar-refractivity contribution in [3.8, 4) is 11.5 Å². The summed E-state index contributed by atoms with van der Waals surface area (Å²) < 4.78 is 49.4. The first-order valence-electron chi connectivity index (χ1n) is 8.84. The molecule has 1 heterocycles. The number of benzene rings is 1. The minimum atomic E-state index is -4.54. The van der Waals surface area contributed by atoms with E-state index in [0.29, 0.717) is 30.3 Å². The zero-order valence-electron chi connectivity index (χ0n) is 15.9. The van der Waals surface area contributed by atoms with E-state index in [-0.39, 0.29) is 30.4 Å². The van der Waals surface area contributed by atoms with Gasteiger partial charge in [-0.25, -0.2) is 9.97 Å². The van der Waals surface area contributed by atoms with Crippen molar-refractivity contribution >= 4 is 5.91 Å². The van der Waals surface area contributed by atoms with Crippen molar-refractivity contribution < 1.29 is 27.4 Å². The third-order valence-electron chi connectivity index (χ3n) is 3.63. The Hall–Kier alpha value is -2.84. The van der Waals surface area contributed by atoms with E-state index >= 15 is 0 Å². The van der Waals surface area contributed by atoms with E-state index in [2.05, 4.69) is 15.3 Å². The number of hydrogen-bond donors (Lipinski definition) is 1. The van der Waals surface area contributed by atoms with Crippen LogP contribution in [0, 0.1) is 6.92 Å². The lowest BCUT2D eigenvalue weighted by molar-refractivity contribution is -0.141. The Bertz CT molecular complexity index is 826. The number of carbonyl (C=O) groups excluding carboxylic acids is 1. The van der Waals surface area contributed by atoms with Crippen LogP contribution >= 0.6 is 0 Å². The lowest BCUT2D eigenvalue weighted by atomic mass is 10.2. The molecule has 1 N–H and O–H groups in total. The number of aryl methyl sites for hydroxylation is 1. The average Bonchev–Trinajstić information content (AvgIpc) is 2.62. The van der Waals surface area contributed by atoms with E-state index in [9.17, 15) is 18.0 Å². The molecule has 0 radical (unpaired) electrons. The van der Waals surface area contributed by atoms with Crippen LogP contribution in [0.15, 0.2) is 24.3 Å². The van der Waals surface area contributed by atoms with Crippen LogP contribution in [0.2, 0.25) is 0 Å². The van der Waals surface area contributed by atoms with E-state index in [0.717, 1.165) is 6.07 Å². The highest BCUT2D eigenvalue weighted by Crippen LogP contribution is 2.29. The first-order chi connectivity index (χ1) is 13.2. The number of carbonyl (C=O) groups is 1. The van der Waals surface area contributed by atoms with Gasteiger partial charge in [-0.15, -0.1) is 0 Å². The van der Waals surface area contributed by atoms with Crippen molar-refractivity contribution in [3.05, 3.63) is 47.0 Å². The number of nitrogens with zero attached hydrogens (tertiary/aromatic N) is 2. The molecule has 2 rings (SSSR count). The fourth-order valence-electron chi connectivity index (χ4n) is 2.47. The molecule has 0 unspecified atom stereocenters. The summed E-state index contributed by atoms with van der Waals surface area (Å²) in [6, 6.07) is 5.68. The molecule has 0 spiro atoms. The minimum Gasteiger partial charge on any atom is -0.490 e. The Morgan fingerprint density at radius 1 is 1.07 bits per heavy atom. The van der Waals surface area contributed by atoms with Gasteiger partial charge in [-0.2, -0.15) is 13.2 Å². The lowest BCUT2D eigenvalue weighted by Crippen LogP contribution is -2.26. The third-order valence-corrected chi connectivity index (χ3v) is 3.63. The smallest absolute Gasteiger partial charge is 0.433 e. The molecule has 28 heavy (non-hydrogen) atoms. The molecule has 6 nitrogen and oxygen atoms in total. The number of hydrogen-bond acceptors (Lipinski definition) is 5. The van der Waals surface area contributed by atoms with Gasteiger partial charge in [-0.1, -0.05) is 0 Å². The molecule has 1 aromatic carbocycles. The van der Waals surface area contributed by atoms with Crippen LogP contribution in [-0.2, 0) is 12.6 Å². The summed E-state index contributed by atoms with van der Waals surface area (Å²) in [5.41, 5.74) is -0.418. The number of aromatic nitrogens is 2. The average molecular weight is 397 g/mol. The van der Waals surface area contributed by atoms with Gasteiger partial charge in [0.2, 0.25) is 0 Å². The molecule has 0 fully saturated rings. The third kappa shape index (κ3) is 5.83. The lowest BCUT2D eigenvalue weighted by Gasteiger charge is -2.12. The number of alkyl halides is 3. The molecule has 152 valence electrons. The van der Waals surface area contributed by atoms with Gasteiger partial charge >= 0.3 is 6.18 Å². The largest absolute Gasteiger partial charge is 0.490 e. The van der Waals surface area contributed by atoms with Crippen LogP contribution in [0.1, 0.15) is 41.4 Å². The Balaban J connectivity index is 2.03. The zero-order valence-corrected chi connectivity index (χ0v) is 15.9. The molecule has 0 aliphatic carbocycles. The van der Waals surface area contributed by atoms with Crippen LogP contribution < -0.4 is 14.8 Å². The predicted octanol–water partition coefficient (Wildman–Crippen LogP) is 3.57. The van der Waals surface area contributed by atoms with E-state index in [4.69, 9.17) is 9.47 Å². The van der Waals surface area contributed by atoms with Gasteiger partial charge in [-0.05, 0) is 45.0 Å². The first kappa shape index (κ1) is 21.5. The first-order valence-corrected chi connectivity index (χ1v) is 8.84. The second-order valence-electron chi connectivity index (χ2n) is 5.84. The van der Waals surface area contributed by atoms with Crippen LogP contribution in [0.3, 0.4) is 0 Å². The Morgan fingerprint density at radius 3 is 2.39 bits per heavy atom. The quantitative estimate of drug-likeness (QED) is 0.737. The number of amides is 1. The highest BCUT2D eigenvalue weighted by molar-refractivity contribution is 5.94. The molecular formula is C19H22F3N3O3. The predicted molar refractivity (Wildman–Crippen MR) is 96.6 cm³/mol. The molecule has 0 saturated heterocycles. The zero-order chi connectivity index (χ0) is 20.7. The normalized spacial score (nSPS) is 11.2. The maximum Gasteiger partial charge on any atom is 0.433 e. The van der Waals surface area contributed by atoms with Crippen LogP contribution in [0.4, 0.5) is 13.2 Å². The van der Waals surface area contributed by atoms with Gasteiger partial charge in [0.25, 0.3) is 5.91 Å². The van der Waals surface area contributed by atoms with Crippen molar-refractivity contribution in [3.63, 3.8) is 0 Å². The minimum absolute atomic E-state index is 0.0225. The van der Waals surface area contributed by atoms with E-state index in [1.54, 1.807) is 18.2 Å². The van der Waals surface area contributed by atoms with Crippen molar-refractivity contribution in [1.82, 2.24) is 15.3 Å². The van der Waals surface area contributed by atoms with Gasteiger partial charge in [0.05, 0.1) is 13.2 Å². The maximum absolute atomic E-state index is 12.8.